The van der Waals surface area contributed by atoms with Crippen molar-refractivity contribution in [2.75, 3.05) is 0 Å². The number of hydrogen-bond donors (Lipinski definition) is 2. The summed E-state index contributed by atoms with van der Waals surface area (Å²) in [7, 11) is -3.73. The number of hydrogen-bond acceptors (Lipinski definition) is 4. The van der Waals surface area contributed by atoms with Crippen LogP contribution in [0.1, 0.15) is 16.7 Å². The molecular weight excluding hydrogens is 312 g/mol. The lowest BCUT2D eigenvalue weighted by molar-refractivity contribution is 0.469. The zero-order valence-electron chi connectivity index (χ0n) is 12.7. The van der Waals surface area contributed by atoms with Gasteiger partial charge in [0.1, 0.15) is 5.75 Å². The second-order valence-electron chi connectivity index (χ2n) is 5.01. The minimum absolute atomic E-state index is 0.0608. The molecule has 2 N–H and O–H groups in total. The summed E-state index contributed by atoms with van der Waals surface area (Å²) in [5, 5.41) is 13.8. The van der Waals surface area contributed by atoms with E-state index in [9.17, 15) is 13.5 Å². The van der Waals surface area contributed by atoms with Crippen molar-refractivity contribution in [3.8, 4) is 5.75 Å². The molecule has 0 radical (unpaired) electrons. The molecule has 23 heavy (non-hydrogen) atoms. The summed E-state index contributed by atoms with van der Waals surface area (Å²) in [6, 6.07) is 11.6. The van der Waals surface area contributed by atoms with Crippen molar-refractivity contribution in [1.82, 2.24) is 4.83 Å². The number of para-hydroxylation sites is 1. The molecule has 0 amide bonds. The van der Waals surface area contributed by atoms with Crippen LogP contribution in [0.5, 0.6) is 5.75 Å². The second-order valence-corrected chi connectivity index (χ2v) is 6.67. The maximum absolute atomic E-state index is 12.1. The van der Waals surface area contributed by atoms with Crippen LogP contribution in [0.2, 0.25) is 0 Å². The average molecular weight is 330 g/mol. The summed E-state index contributed by atoms with van der Waals surface area (Å²) in [4.78, 5) is 2.26. The summed E-state index contributed by atoms with van der Waals surface area (Å²) in [5.41, 5.74) is 2.10. The first-order valence-corrected chi connectivity index (χ1v) is 8.45. The predicted octanol–water partition coefficient (Wildman–Crippen LogP) is 2.74. The average Bonchev–Trinajstić information content (AvgIpc) is 2.51. The molecule has 0 aliphatic rings. The third-order valence-electron chi connectivity index (χ3n) is 3.22. The van der Waals surface area contributed by atoms with Crippen LogP contribution in [0.25, 0.3) is 0 Å². The van der Waals surface area contributed by atoms with Gasteiger partial charge < -0.3 is 5.11 Å². The van der Waals surface area contributed by atoms with Crippen LogP contribution in [0.3, 0.4) is 0 Å². The van der Waals surface area contributed by atoms with Gasteiger partial charge in [0.05, 0.1) is 11.1 Å². The number of sulfonamides is 1. The number of allylic oxidation sites excluding steroid dienone is 1. The number of nitrogens with one attached hydrogen (secondary N) is 1. The van der Waals surface area contributed by atoms with E-state index < -0.39 is 10.0 Å². The van der Waals surface area contributed by atoms with Gasteiger partial charge in [0.25, 0.3) is 10.0 Å². The fraction of sp³-hybridized carbons (Fsp3) is 0.118. The van der Waals surface area contributed by atoms with Crippen molar-refractivity contribution < 1.29 is 13.5 Å². The van der Waals surface area contributed by atoms with Crippen LogP contribution < -0.4 is 4.83 Å². The van der Waals surface area contributed by atoms with Crippen molar-refractivity contribution >= 4 is 16.2 Å². The van der Waals surface area contributed by atoms with Gasteiger partial charge in [0.15, 0.2) is 0 Å². The van der Waals surface area contributed by atoms with E-state index in [1.165, 1.54) is 18.3 Å². The predicted molar refractivity (Wildman–Crippen MR) is 91.1 cm³/mol. The maximum Gasteiger partial charge on any atom is 0.276 e. The number of benzene rings is 2. The topological polar surface area (TPSA) is 78.8 Å². The second kappa shape index (κ2) is 7.11. The van der Waals surface area contributed by atoms with Crippen LogP contribution in [0, 0.1) is 6.92 Å². The quantitative estimate of drug-likeness (QED) is 0.485. The molecule has 120 valence electrons. The fourth-order valence-electron chi connectivity index (χ4n) is 1.97. The molecule has 0 saturated carbocycles. The Labute approximate surface area is 136 Å². The van der Waals surface area contributed by atoms with Gasteiger partial charge in [-0.3, -0.25) is 0 Å². The number of rotatable bonds is 6. The highest BCUT2D eigenvalue weighted by Gasteiger charge is 2.12. The fourth-order valence-corrected chi connectivity index (χ4v) is 2.76. The molecule has 0 bridgehead atoms. The number of aryl methyl sites for hydroxylation is 1. The molecule has 5 nitrogen and oxygen atoms in total. The molecule has 2 rings (SSSR count). The molecule has 0 spiro atoms. The van der Waals surface area contributed by atoms with E-state index in [1.807, 2.05) is 6.92 Å². The lowest BCUT2D eigenvalue weighted by Gasteiger charge is -2.06. The van der Waals surface area contributed by atoms with Gasteiger partial charge in [0, 0.05) is 5.56 Å². The third kappa shape index (κ3) is 4.20. The Morgan fingerprint density at radius 3 is 2.57 bits per heavy atom. The molecular formula is C17H18N2O3S. The van der Waals surface area contributed by atoms with E-state index in [2.05, 4.69) is 16.5 Å². The SMILES string of the molecule is C=CCc1cccc(/C=N/NS(=O)(=O)c2ccc(C)cc2)c1O. The van der Waals surface area contributed by atoms with Crippen LogP contribution in [-0.2, 0) is 16.4 Å². The largest absolute Gasteiger partial charge is 0.507 e. The monoisotopic (exact) mass is 330 g/mol. The van der Waals surface area contributed by atoms with Crippen molar-refractivity contribution in [2.24, 2.45) is 5.10 Å². The van der Waals surface area contributed by atoms with Gasteiger partial charge in [-0.1, -0.05) is 35.9 Å². The number of phenols is 1. The van der Waals surface area contributed by atoms with Crippen molar-refractivity contribution in [1.29, 1.82) is 0 Å². The van der Waals surface area contributed by atoms with E-state index in [0.717, 1.165) is 5.56 Å². The first kappa shape index (κ1) is 16.8. The molecule has 6 heteroatoms. The van der Waals surface area contributed by atoms with Gasteiger partial charge in [-0.25, -0.2) is 4.83 Å². The Bertz CT molecular complexity index is 825. The smallest absolute Gasteiger partial charge is 0.276 e. The van der Waals surface area contributed by atoms with Gasteiger partial charge in [-0.05, 0) is 37.1 Å². The van der Waals surface area contributed by atoms with Crippen molar-refractivity contribution in [3.05, 3.63) is 71.8 Å². The molecule has 0 atom stereocenters. The highest BCUT2D eigenvalue weighted by Crippen LogP contribution is 2.21. The maximum atomic E-state index is 12.1. The Morgan fingerprint density at radius 2 is 1.91 bits per heavy atom. The van der Waals surface area contributed by atoms with Crippen LogP contribution in [0.4, 0.5) is 0 Å². The highest BCUT2D eigenvalue weighted by atomic mass is 32.2. The van der Waals surface area contributed by atoms with Gasteiger partial charge >= 0.3 is 0 Å². The summed E-state index contributed by atoms with van der Waals surface area (Å²) in [6.45, 7) is 5.50. The third-order valence-corrected chi connectivity index (χ3v) is 4.46. The van der Waals surface area contributed by atoms with Crippen molar-refractivity contribution in [2.45, 2.75) is 18.2 Å². The number of nitrogens with zero attached hydrogens (tertiary/aromatic N) is 1. The highest BCUT2D eigenvalue weighted by molar-refractivity contribution is 7.89. The van der Waals surface area contributed by atoms with Gasteiger partial charge in [-0.2, -0.15) is 13.5 Å². The molecule has 0 aliphatic carbocycles. The first-order chi connectivity index (χ1) is 10.9. The zero-order chi connectivity index (χ0) is 16.9. The molecule has 0 aliphatic heterocycles. The standard InChI is InChI=1S/C17H18N2O3S/c1-3-5-14-6-4-7-15(17(14)20)12-18-19-23(21,22)16-10-8-13(2)9-11-16/h3-4,6-12,19-20H,1,5H2,2H3/b18-12+. The van der Waals surface area contributed by atoms with E-state index >= 15 is 0 Å². The number of aromatic hydroxyl groups is 1. The van der Waals surface area contributed by atoms with E-state index in [1.54, 1.807) is 36.4 Å². The van der Waals surface area contributed by atoms with Crippen LogP contribution >= 0.6 is 0 Å². The van der Waals surface area contributed by atoms with Gasteiger partial charge in [0.2, 0.25) is 0 Å². The molecule has 0 fully saturated rings. The van der Waals surface area contributed by atoms with Crippen molar-refractivity contribution in [3.63, 3.8) is 0 Å². The summed E-state index contributed by atoms with van der Waals surface area (Å²) in [5.74, 6) is 0.0608. The Balaban J connectivity index is 2.17. The van der Waals surface area contributed by atoms with Crippen LogP contribution in [0.15, 0.2) is 65.1 Å². The molecule has 0 heterocycles. The lowest BCUT2D eigenvalue weighted by atomic mass is 10.1. The van der Waals surface area contributed by atoms with E-state index in [4.69, 9.17) is 0 Å². The summed E-state index contributed by atoms with van der Waals surface area (Å²) < 4.78 is 24.2. The minimum atomic E-state index is -3.73. The molecule has 0 unspecified atom stereocenters. The lowest BCUT2D eigenvalue weighted by Crippen LogP contribution is -2.18. The summed E-state index contributed by atoms with van der Waals surface area (Å²) >= 11 is 0. The normalized spacial score (nSPS) is 11.5. The Kier molecular flexibility index (Phi) is 5.18. The van der Waals surface area contributed by atoms with E-state index in [-0.39, 0.29) is 10.6 Å². The number of phenolic OH excluding ortho intramolecular Hbond substituents is 1. The Hall–Kier alpha value is -2.60. The number of hydrazone groups is 1. The van der Waals surface area contributed by atoms with Gasteiger partial charge in [-0.15, -0.1) is 6.58 Å². The summed E-state index contributed by atoms with van der Waals surface area (Å²) in [6.07, 6.45) is 3.46. The molecule has 2 aromatic carbocycles. The zero-order valence-corrected chi connectivity index (χ0v) is 13.5. The Morgan fingerprint density at radius 1 is 1.22 bits per heavy atom. The minimum Gasteiger partial charge on any atom is -0.507 e. The molecule has 0 saturated heterocycles. The van der Waals surface area contributed by atoms with Crippen LogP contribution in [-0.4, -0.2) is 19.7 Å². The molecule has 0 aromatic heterocycles. The van der Waals surface area contributed by atoms with E-state index in [0.29, 0.717) is 17.5 Å². The molecule has 2 aromatic rings. The first-order valence-electron chi connectivity index (χ1n) is 6.97.